The van der Waals surface area contributed by atoms with E-state index in [1.165, 1.54) is 6.07 Å². The van der Waals surface area contributed by atoms with Gasteiger partial charge in [-0.2, -0.15) is 0 Å². The second kappa shape index (κ2) is 6.27. The van der Waals surface area contributed by atoms with Crippen molar-refractivity contribution in [3.63, 3.8) is 0 Å². The summed E-state index contributed by atoms with van der Waals surface area (Å²) in [5, 5.41) is 19.8. The molecule has 0 saturated carbocycles. The summed E-state index contributed by atoms with van der Waals surface area (Å²) < 4.78 is 25.8. The number of hydrogen-bond acceptors (Lipinski definition) is 3. The number of carbonyl (C=O) groups is 1. The number of aliphatic hydroxyl groups excluding tert-OH is 2. The topological polar surface area (TPSA) is 69.6 Å². The average molecular weight is 245 g/mol. The summed E-state index contributed by atoms with van der Waals surface area (Å²) in [4.78, 5) is 11.4. The summed E-state index contributed by atoms with van der Waals surface area (Å²) >= 11 is 0. The van der Waals surface area contributed by atoms with E-state index in [4.69, 9.17) is 10.2 Å². The normalized spacial score (nSPS) is 10.6. The zero-order valence-corrected chi connectivity index (χ0v) is 8.99. The molecule has 1 amide bonds. The van der Waals surface area contributed by atoms with Crippen molar-refractivity contribution >= 4 is 5.91 Å². The first-order valence-corrected chi connectivity index (χ1v) is 5.01. The standard InChI is InChI=1S/C11H13F2NO3/c12-8-2-1-7(10(13)4-8)3-11(17)14-9(5-15)6-16/h1-2,4,9,15-16H,3,5-6H2,(H,14,17). The predicted octanol–water partition coefficient (Wildman–Crippen LogP) is -0.0233. The number of benzene rings is 1. The summed E-state index contributed by atoms with van der Waals surface area (Å²) in [5.41, 5.74) is 0.0542. The fraction of sp³-hybridized carbons (Fsp3) is 0.364. The first kappa shape index (κ1) is 13.5. The van der Waals surface area contributed by atoms with Crippen molar-refractivity contribution in [2.45, 2.75) is 12.5 Å². The smallest absolute Gasteiger partial charge is 0.224 e. The average Bonchev–Trinajstić information content (AvgIpc) is 2.29. The van der Waals surface area contributed by atoms with E-state index in [-0.39, 0.29) is 12.0 Å². The molecule has 0 aromatic heterocycles. The van der Waals surface area contributed by atoms with Gasteiger partial charge in [0.15, 0.2) is 0 Å². The molecule has 0 heterocycles. The summed E-state index contributed by atoms with van der Waals surface area (Å²) in [6, 6.07) is 2.15. The van der Waals surface area contributed by atoms with Crippen LogP contribution >= 0.6 is 0 Å². The number of halogens is 2. The van der Waals surface area contributed by atoms with Crippen LogP contribution in [0, 0.1) is 11.6 Å². The quantitative estimate of drug-likeness (QED) is 0.682. The van der Waals surface area contributed by atoms with Crippen molar-refractivity contribution in [1.82, 2.24) is 5.32 Å². The van der Waals surface area contributed by atoms with E-state index in [2.05, 4.69) is 5.32 Å². The highest BCUT2D eigenvalue weighted by atomic mass is 19.1. The van der Waals surface area contributed by atoms with Crippen LogP contribution < -0.4 is 5.32 Å². The minimum absolute atomic E-state index is 0.0542. The molecular formula is C11H13F2NO3. The summed E-state index contributed by atoms with van der Waals surface area (Å²) in [6.45, 7) is -0.817. The maximum Gasteiger partial charge on any atom is 0.224 e. The minimum Gasteiger partial charge on any atom is -0.394 e. The Labute approximate surface area is 96.9 Å². The fourth-order valence-electron chi connectivity index (χ4n) is 1.27. The fourth-order valence-corrected chi connectivity index (χ4v) is 1.27. The van der Waals surface area contributed by atoms with Gasteiger partial charge in [0.05, 0.1) is 25.7 Å². The molecule has 0 bridgehead atoms. The van der Waals surface area contributed by atoms with Crippen molar-refractivity contribution in [2.75, 3.05) is 13.2 Å². The molecule has 0 unspecified atom stereocenters. The van der Waals surface area contributed by atoms with E-state index in [1.807, 2.05) is 0 Å². The van der Waals surface area contributed by atoms with Crippen molar-refractivity contribution in [1.29, 1.82) is 0 Å². The molecule has 17 heavy (non-hydrogen) atoms. The molecule has 1 aromatic rings. The van der Waals surface area contributed by atoms with Crippen molar-refractivity contribution < 1.29 is 23.8 Å². The maximum absolute atomic E-state index is 13.2. The Balaban J connectivity index is 2.62. The Morgan fingerprint density at radius 1 is 1.29 bits per heavy atom. The lowest BCUT2D eigenvalue weighted by Crippen LogP contribution is -2.40. The molecule has 3 N–H and O–H groups in total. The van der Waals surface area contributed by atoms with Gasteiger partial charge in [-0.3, -0.25) is 4.79 Å². The first-order valence-electron chi connectivity index (χ1n) is 5.01. The van der Waals surface area contributed by atoms with Crippen LogP contribution in [-0.4, -0.2) is 35.4 Å². The largest absolute Gasteiger partial charge is 0.394 e. The zero-order chi connectivity index (χ0) is 12.8. The van der Waals surface area contributed by atoms with Gasteiger partial charge in [-0.05, 0) is 11.6 Å². The van der Waals surface area contributed by atoms with E-state index in [0.29, 0.717) is 6.07 Å². The highest BCUT2D eigenvalue weighted by Crippen LogP contribution is 2.10. The Bertz CT molecular complexity index is 394. The lowest BCUT2D eigenvalue weighted by molar-refractivity contribution is -0.121. The van der Waals surface area contributed by atoms with Crippen molar-refractivity contribution in [3.05, 3.63) is 35.4 Å². The Morgan fingerprint density at radius 3 is 2.47 bits per heavy atom. The lowest BCUT2D eigenvalue weighted by atomic mass is 10.1. The second-order valence-corrected chi connectivity index (χ2v) is 3.54. The molecule has 0 aliphatic heterocycles. The molecular weight excluding hydrogens is 232 g/mol. The van der Waals surface area contributed by atoms with Gasteiger partial charge in [0.1, 0.15) is 11.6 Å². The molecule has 94 valence electrons. The van der Waals surface area contributed by atoms with E-state index >= 15 is 0 Å². The summed E-state index contributed by atoms with van der Waals surface area (Å²) in [5.74, 6) is -2.07. The van der Waals surface area contributed by atoms with Crippen molar-refractivity contribution in [2.24, 2.45) is 0 Å². The zero-order valence-electron chi connectivity index (χ0n) is 8.99. The van der Waals surface area contributed by atoms with Crippen molar-refractivity contribution in [3.8, 4) is 0 Å². The first-order chi connectivity index (χ1) is 8.06. The molecule has 6 heteroatoms. The number of aliphatic hydroxyl groups is 2. The Hall–Kier alpha value is -1.53. The van der Waals surface area contributed by atoms with Crippen LogP contribution in [0.4, 0.5) is 8.78 Å². The van der Waals surface area contributed by atoms with Gasteiger partial charge in [-0.15, -0.1) is 0 Å². The molecule has 0 aliphatic carbocycles. The second-order valence-electron chi connectivity index (χ2n) is 3.54. The van der Waals surface area contributed by atoms with E-state index in [9.17, 15) is 13.6 Å². The molecule has 0 atom stereocenters. The van der Waals surface area contributed by atoms with Crippen LogP contribution in [-0.2, 0) is 11.2 Å². The van der Waals surface area contributed by atoms with E-state index in [1.54, 1.807) is 0 Å². The van der Waals surface area contributed by atoms with Crippen LogP contribution in [0.3, 0.4) is 0 Å². The molecule has 1 aromatic carbocycles. The highest BCUT2D eigenvalue weighted by molar-refractivity contribution is 5.78. The number of amides is 1. The number of nitrogens with one attached hydrogen (secondary N) is 1. The molecule has 1 rings (SSSR count). The monoisotopic (exact) mass is 245 g/mol. The number of hydrogen-bond donors (Lipinski definition) is 3. The van der Waals surface area contributed by atoms with E-state index in [0.717, 1.165) is 6.07 Å². The van der Waals surface area contributed by atoms with Gasteiger partial charge < -0.3 is 15.5 Å². The van der Waals surface area contributed by atoms with Gasteiger partial charge >= 0.3 is 0 Å². The molecule has 4 nitrogen and oxygen atoms in total. The van der Waals surface area contributed by atoms with Gasteiger partial charge in [-0.25, -0.2) is 8.78 Å². The summed E-state index contributed by atoms with van der Waals surface area (Å²) in [6.07, 6.45) is -0.275. The maximum atomic E-state index is 13.2. The number of carbonyl (C=O) groups excluding carboxylic acids is 1. The third-order valence-electron chi connectivity index (χ3n) is 2.17. The highest BCUT2D eigenvalue weighted by Gasteiger charge is 2.13. The van der Waals surface area contributed by atoms with E-state index < -0.39 is 36.8 Å². The lowest BCUT2D eigenvalue weighted by Gasteiger charge is -2.13. The van der Waals surface area contributed by atoms with Crippen LogP contribution in [0.5, 0.6) is 0 Å². The third-order valence-corrected chi connectivity index (χ3v) is 2.17. The van der Waals surface area contributed by atoms with Gasteiger partial charge in [0.25, 0.3) is 0 Å². The van der Waals surface area contributed by atoms with Gasteiger partial charge in [-0.1, -0.05) is 6.07 Å². The summed E-state index contributed by atoms with van der Waals surface area (Å²) in [7, 11) is 0. The SMILES string of the molecule is O=C(Cc1ccc(F)cc1F)NC(CO)CO. The van der Waals surface area contributed by atoms with Gasteiger partial charge in [0, 0.05) is 6.07 Å². The Kier molecular flexibility index (Phi) is 4.99. The molecule has 0 spiro atoms. The predicted molar refractivity (Wildman–Crippen MR) is 56.2 cm³/mol. The molecule has 0 saturated heterocycles. The van der Waals surface area contributed by atoms with Crippen LogP contribution in [0.2, 0.25) is 0 Å². The number of rotatable bonds is 5. The molecule has 0 radical (unpaired) electrons. The Morgan fingerprint density at radius 2 is 1.94 bits per heavy atom. The minimum atomic E-state index is -0.801. The van der Waals surface area contributed by atoms with Crippen LogP contribution in [0.15, 0.2) is 18.2 Å². The molecule has 0 fully saturated rings. The van der Waals surface area contributed by atoms with Gasteiger partial charge in [0.2, 0.25) is 5.91 Å². The van der Waals surface area contributed by atoms with Crippen LogP contribution in [0.1, 0.15) is 5.56 Å². The molecule has 0 aliphatic rings. The van der Waals surface area contributed by atoms with Crippen LogP contribution in [0.25, 0.3) is 0 Å². The third kappa shape index (κ3) is 4.08.